The van der Waals surface area contributed by atoms with Crippen LogP contribution in [0.3, 0.4) is 0 Å². The van der Waals surface area contributed by atoms with Crippen molar-refractivity contribution in [2.24, 2.45) is 11.7 Å². The van der Waals surface area contributed by atoms with Gasteiger partial charge in [0.15, 0.2) is 0 Å². The number of nitrogens with zero attached hydrogens (tertiary/aromatic N) is 2. The van der Waals surface area contributed by atoms with E-state index in [0.29, 0.717) is 5.92 Å². The number of benzene rings is 1. The molecule has 0 amide bonds. The normalized spacial score (nSPS) is 20.4. The maximum atomic E-state index is 13.1. The maximum Gasteiger partial charge on any atom is 0.140 e. The highest BCUT2D eigenvalue weighted by atomic mass is 19.1. The molecule has 1 aromatic rings. The minimum Gasteiger partial charge on any atom is -0.330 e. The lowest BCUT2D eigenvalue weighted by atomic mass is 10.1. The smallest absolute Gasteiger partial charge is 0.140 e. The van der Waals surface area contributed by atoms with E-state index in [1.54, 1.807) is 12.1 Å². The van der Waals surface area contributed by atoms with Crippen molar-refractivity contribution in [2.45, 2.75) is 13.0 Å². The lowest BCUT2D eigenvalue weighted by Crippen LogP contribution is -2.22. The molecule has 1 heterocycles. The van der Waals surface area contributed by atoms with E-state index in [1.807, 2.05) is 6.07 Å². The van der Waals surface area contributed by atoms with E-state index in [4.69, 9.17) is 11.0 Å². The number of nitrogens with two attached hydrogens (primary N) is 1. The van der Waals surface area contributed by atoms with Crippen molar-refractivity contribution in [3.05, 3.63) is 35.1 Å². The molecule has 4 heteroatoms. The van der Waals surface area contributed by atoms with Crippen molar-refractivity contribution in [2.75, 3.05) is 19.6 Å². The molecule has 1 fully saturated rings. The molecular formula is C13H16FN3. The lowest BCUT2D eigenvalue weighted by molar-refractivity contribution is 0.317. The Balaban J connectivity index is 2.02. The van der Waals surface area contributed by atoms with E-state index in [1.165, 1.54) is 6.07 Å². The Hall–Kier alpha value is -1.44. The van der Waals surface area contributed by atoms with E-state index in [9.17, 15) is 4.39 Å². The van der Waals surface area contributed by atoms with Crippen LogP contribution in [0.15, 0.2) is 18.2 Å². The van der Waals surface area contributed by atoms with Crippen molar-refractivity contribution in [3.63, 3.8) is 0 Å². The first-order valence-electron chi connectivity index (χ1n) is 5.84. The summed E-state index contributed by atoms with van der Waals surface area (Å²) in [6, 6.07) is 6.60. The summed E-state index contributed by atoms with van der Waals surface area (Å²) in [5, 5.41) is 8.76. The van der Waals surface area contributed by atoms with Gasteiger partial charge in [-0.2, -0.15) is 5.26 Å². The highest BCUT2D eigenvalue weighted by molar-refractivity contribution is 5.34. The highest BCUT2D eigenvalue weighted by Crippen LogP contribution is 2.18. The number of halogens is 1. The van der Waals surface area contributed by atoms with Crippen molar-refractivity contribution in [1.82, 2.24) is 4.90 Å². The SMILES string of the molecule is N#Cc1cc(CN2CCC(CN)C2)ccc1F. The van der Waals surface area contributed by atoms with Crippen molar-refractivity contribution >= 4 is 0 Å². The molecule has 90 valence electrons. The van der Waals surface area contributed by atoms with E-state index in [0.717, 1.165) is 38.2 Å². The number of likely N-dealkylation sites (tertiary alicyclic amines) is 1. The van der Waals surface area contributed by atoms with Crippen molar-refractivity contribution in [3.8, 4) is 6.07 Å². The van der Waals surface area contributed by atoms with Gasteiger partial charge in [-0.25, -0.2) is 4.39 Å². The Morgan fingerprint density at radius 2 is 2.35 bits per heavy atom. The van der Waals surface area contributed by atoms with Gasteiger partial charge in [0.25, 0.3) is 0 Å². The summed E-state index contributed by atoms with van der Waals surface area (Å²) in [5.74, 6) is 0.128. The van der Waals surface area contributed by atoms with Crippen LogP contribution in [-0.2, 0) is 6.54 Å². The minimum atomic E-state index is -0.447. The van der Waals surface area contributed by atoms with Crippen LogP contribution in [0.25, 0.3) is 0 Å². The lowest BCUT2D eigenvalue weighted by Gasteiger charge is -2.15. The molecule has 1 aliphatic heterocycles. The predicted octanol–water partition coefficient (Wildman–Crippen LogP) is 1.48. The second-order valence-electron chi connectivity index (χ2n) is 4.55. The zero-order valence-electron chi connectivity index (χ0n) is 9.69. The van der Waals surface area contributed by atoms with Crippen LogP contribution in [0.4, 0.5) is 4.39 Å². The molecule has 1 unspecified atom stereocenters. The fourth-order valence-electron chi connectivity index (χ4n) is 2.26. The first-order chi connectivity index (χ1) is 8.22. The summed E-state index contributed by atoms with van der Waals surface area (Å²) in [4.78, 5) is 2.30. The largest absolute Gasteiger partial charge is 0.330 e. The molecule has 1 aromatic carbocycles. The molecular weight excluding hydrogens is 217 g/mol. The summed E-state index contributed by atoms with van der Waals surface area (Å²) in [6.07, 6.45) is 1.13. The highest BCUT2D eigenvalue weighted by Gasteiger charge is 2.21. The van der Waals surface area contributed by atoms with Gasteiger partial charge in [-0.1, -0.05) is 6.07 Å². The van der Waals surface area contributed by atoms with E-state index in [-0.39, 0.29) is 5.56 Å². The van der Waals surface area contributed by atoms with Crippen molar-refractivity contribution < 1.29 is 4.39 Å². The predicted molar refractivity (Wildman–Crippen MR) is 63.6 cm³/mol. The number of rotatable bonds is 3. The number of hydrogen-bond acceptors (Lipinski definition) is 3. The second-order valence-corrected chi connectivity index (χ2v) is 4.55. The molecule has 17 heavy (non-hydrogen) atoms. The minimum absolute atomic E-state index is 0.122. The zero-order chi connectivity index (χ0) is 12.3. The molecule has 0 aromatic heterocycles. The first-order valence-corrected chi connectivity index (χ1v) is 5.84. The van der Waals surface area contributed by atoms with Gasteiger partial charge in [0.2, 0.25) is 0 Å². The third-order valence-electron chi connectivity index (χ3n) is 3.26. The molecule has 3 nitrogen and oxygen atoms in total. The Morgan fingerprint density at radius 1 is 1.53 bits per heavy atom. The van der Waals surface area contributed by atoms with Gasteiger partial charge in [-0.15, -0.1) is 0 Å². The quantitative estimate of drug-likeness (QED) is 0.860. The van der Waals surface area contributed by atoms with Gasteiger partial charge in [0.05, 0.1) is 5.56 Å². The van der Waals surface area contributed by atoms with Crippen LogP contribution < -0.4 is 5.73 Å². The summed E-state index contributed by atoms with van der Waals surface area (Å²) >= 11 is 0. The van der Waals surface area contributed by atoms with Gasteiger partial charge in [0.1, 0.15) is 11.9 Å². The molecule has 0 radical (unpaired) electrons. The molecule has 0 bridgehead atoms. The Bertz CT molecular complexity index is 439. The Kier molecular flexibility index (Phi) is 3.72. The van der Waals surface area contributed by atoms with Crippen LogP contribution in [-0.4, -0.2) is 24.5 Å². The van der Waals surface area contributed by atoms with Crippen LogP contribution in [0.1, 0.15) is 17.5 Å². The number of hydrogen-bond donors (Lipinski definition) is 1. The van der Waals surface area contributed by atoms with Crippen LogP contribution in [0.5, 0.6) is 0 Å². The van der Waals surface area contributed by atoms with Gasteiger partial charge < -0.3 is 5.73 Å². The summed E-state index contributed by atoms with van der Waals surface area (Å²) in [6.45, 7) is 3.52. The van der Waals surface area contributed by atoms with E-state index >= 15 is 0 Å². The van der Waals surface area contributed by atoms with Crippen LogP contribution >= 0.6 is 0 Å². The molecule has 1 atom stereocenters. The molecule has 2 N–H and O–H groups in total. The summed E-state index contributed by atoms with van der Waals surface area (Å²) in [7, 11) is 0. The fourth-order valence-corrected chi connectivity index (χ4v) is 2.26. The maximum absolute atomic E-state index is 13.1. The molecule has 1 saturated heterocycles. The Labute approximate surface area is 101 Å². The van der Waals surface area contributed by atoms with E-state index in [2.05, 4.69) is 4.90 Å². The summed E-state index contributed by atoms with van der Waals surface area (Å²) < 4.78 is 13.1. The third kappa shape index (κ3) is 2.82. The van der Waals surface area contributed by atoms with Gasteiger partial charge in [-0.05, 0) is 43.1 Å². The average molecular weight is 233 g/mol. The average Bonchev–Trinajstić information content (AvgIpc) is 2.79. The molecule has 0 spiro atoms. The zero-order valence-corrected chi connectivity index (χ0v) is 9.69. The molecule has 2 rings (SSSR count). The molecule has 1 aliphatic rings. The first kappa shape index (κ1) is 12.0. The third-order valence-corrected chi connectivity index (χ3v) is 3.26. The summed E-state index contributed by atoms with van der Waals surface area (Å²) in [5.41, 5.74) is 6.74. The fraction of sp³-hybridized carbons (Fsp3) is 0.462. The van der Waals surface area contributed by atoms with Gasteiger partial charge in [0, 0.05) is 13.1 Å². The monoisotopic (exact) mass is 233 g/mol. The molecule has 0 aliphatic carbocycles. The number of nitriles is 1. The van der Waals surface area contributed by atoms with Crippen LogP contribution in [0.2, 0.25) is 0 Å². The Morgan fingerprint density at radius 3 is 3.00 bits per heavy atom. The standard InChI is InChI=1S/C13H16FN3/c14-13-2-1-10(5-12(13)7-16)8-17-4-3-11(6-15)9-17/h1-2,5,11H,3-4,6,8-9,15H2. The topological polar surface area (TPSA) is 53.0 Å². The van der Waals surface area contributed by atoms with Gasteiger partial charge >= 0.3 is 0 Å². The second kappa shape index (κ2) is 5.26. The molecule has 0 saturated carbocycles. The van der Waals surface area contributed by atoms with Gasteiger partial charge in [-0.3, -0.25) is 4.90 Å². The van der Waals surface area contributed by atoms with E-state index < -0.39 is 5.82 Å². The van der Waals surface area contributed by atoms with Crippen molar-refractivity contribution in [1.29, 1.82) is 5.26 Å². The van der Waals surface area contributed by atoms with Crippen LogP contribution in [0, 0.1) is 23.1 Å².